The van der Waals surface area contributed by atoms with Crippen molar-refractivity contribution in [2.24, 2.45) is 0 Å². The number of aromatic amines is 1. The van der Waals surface area contributed by atoms with E-state index < -0.39 is 13.7 Å². The molecule has 1 aromatic carbocycles. The van der Waals surface area contributed by atoms with E-state index >= 15 is 0 Å². The number of benzene rings is 1. The molecule has 0 spiro atoms. The fourth-order valence-electron chi connectivity index (χ4n) is 2.71. The van der Waals surface area contributed by atoms with Crippen LogP contribution in [-0.2, 0) is 10.3 Å². The fraction of sp³-hybridized carbons (Fsp3) is 0.389. The van der Waals surface area contributed by atoms with Gasteiger partial charge in [0.2, 0.25) is 0 Å². The predicted molar refractivity (Wildman–Crippen MR) is 110 cm³/mol. The summed E-state index contributed by atoms with van der Waals surface area (Å²) in [6.45, 7) is 7.81. The van der Waals surface area contributed by atoms with Crippen LogP contribution in [0.2, 0.25) is 25.7 Å². The van der Waals surface area contributed by atoms with Crippen LogP contribution in [0.25, 0.3) is 10.9 Å². The van der Waals surface area contributed by atoms with Gasteiger partial charge in [0.05, 0.1) is 6.61 Å². The number of ether oxygens (including phenoxy) is 1. The first kappa shape index (κ1) is 18.8. The lowest BCUT2D eigenvalue weighted by Crippen LogP contribution is -2.34. The summed E-state index contributed by atoms with van der Waals surface area (Å²) in [5.74, 6) is 0. The van der Waals surface area contributed by atoms with E-state index in [1.165, 1.54) is 11.3 Å². The first-order valence-electron chi connectivity index (χ1n) is 8.28. The summed E-state index contributed by atoms with van der Waals surface area (Å²) in [5, 5.41) is 15.1. The average Bonchev–Trinajstić information content (AvgIpc) is 3.17. The molecule has 0 aliphatic heterocycles. The predicted octanol–water partition coefficient (Wildman–Crippen LogP) is 4.98. The molecule has 134 valence electrons. The summed E-state index contributed by atoms with van der Waals surface area (Å²) in [7, 11) is -1.17. The highest BCUT2D eigenvalue weighted by Gasteiger charge is 2.37. The maximum atomic E-state index is 11.6. The molecule has 0 aliphatic rings. The molecule has 0 aliphatic carbocycles. The summed E-state index contributed by atoms with van der Waals surface area (Å²) in [5.41, 5.74) is 0.530. The van der Waals surface area contributed by atoms with Gasteiger partial charge in [-0.2, -0.15) is 0 Å². The van der Waals surface area contributed by atoms with Gasteiger partial charge < -0.3 is 14.8 Å². The summed E-state index contributed by atoms with van der Waals surface area (Å²) in [4.78, 5) is 7.71. The smallest absolute Gasteiger partial charge is 0.166 e. The van der Waals surface area contributed by atoms with Crippen LogP contribution in [0.3, 0.4) is 0 Å². The number of aromatic nitrogens is 2. The van der Waals surface area contributed by atoms with Gasteiger partial charge >= 0.3 is 0 Å². The number of nitrogens with one attached hydrogen (secondary N) is 1. The van der Waals surface area contributed by atoms with Crippen LogP contribution >= 0.6 is 27.3 Å². The van der Waals surface area contributed by atoms with Crippen LogP contribution in [0.1, 0.15) is 10.6 Å². The van der Waals surface area contributed by atoms with E-state index in [1.54, 1.807) is 0 Å². The average molecular weight is 439 g/mol. The zero-order valence-electron chi connectivity index (χ0n) is 14.7. The number of fused-ring (bicyclic) bond motifs is 1. The molecule has 0 amide bonds. The molecule has 0 saturated carbocycles. The maximum absolute atomic E-state index is 11.6. The van der Waals surface area contributed by atoms with E-state index in [0.29, 0.717) is 11.6 Å². The van der Waals surface area contributed by atoms with E-state index in [2.05, 4.69) is 45.5 Å². The second-order valence-corrected chi connectivity index (χ2v) is 14.7. The first-order valence-corrected chi connectivity index (χ1v) is 13.7. The van der Waals surface area contributed by atoms with Crippen LogP contribution in [-0.4, -0.2) is 36.4 Å². The molecule has 0 unspecified atom stereocenters. The molecule has 3 aromatic rings. The van der Waals surface area contributed by atoms with E-state index in [9.17, 15) is 5.11 Å². The standard InChI is InChI=1S/C18H23BrN2O2SSi/c1-25(2,3)9-8-23-12-18(22,17-21-16(19)11-24-17)14-10-20-15-7-5-4-6-13(14)15/h4-7,10-11,20,22H,8-9,12H2,1-3H3/t18-/m1/s1. The second-order valence-electron chi connectivity index (χ2n) is 7.45. The second kappa shape index (κ2) is 7.32. The number of nitrogens with zero attached hydrogens (tertiary/aromatic N) is 1. The number of halogens is 1. The Morgan fingerprint density at radius 1 is 1.32 bits per heavy atom. The minimum atomic E-state index is -1.27. The van der Waals surface area contributed by atoms with Crippen molar-refractivity contribution in [3.63, 3.8) is 0 Å². The summed E-state index contributed by atoms with van der Waals surface area (Å²) in [6, 6.07) is 9.04. The zero-order chi connectivity index (χ0) is 18.1. The van der Waals surface area contributed by atoms with E-state index in [-0.39, 0.29) is 6.61 Å². The van der Waals surface area contributed by atoms with Gasteiger partial charge in [0.1, 0.15) is 9.61 Å². The third-order valence-electron chi connectivity index (χ3n) is 4.17. The number of rotatable bonds is 7. The van der Waals surface area contributed by atoms with Gasteiger partial charge in [0.15, 0.2) is 5.60 Å². The highest BCUT2D eigenvalue weighted by atomic mass is 79.9. The molecule has 2 heterocycles. The molecule has 0 radical (unpaired) electrons. The van der Waals surface area contributed by atoms with E-state index in [4.69, 9.17) is 4.74 Å². The molecule has 1 atom stereocenters. The van der Waals surface area contributed by atoms with Crippen molar-refractivity contribution in [1.29, 1.82) is 0 Å². The molecule has 2 aromatic heterocycles. The Kier molecular flexibility index (Phi) is 5.50. The highest BCUT2D eigenvalue weighted by molar-refractivity contribution is 9.10. The summed E-state index contributed by atoms with van der Waals surface area (Å²) >= 11 is 4.82. The fourth-order valence-corrected chi connectivity index (χ4v) is 4.82. The number of H-pyrrole nitrogens is 1. The Bertz CT molecular complexity index is 858. The van der Waals surface area contributed by atoms with Crippen molar-refractivity contribution in [3.05, 3.63) is 51.0 Å². The summed E-state index contributed by atoms with van der Waals surface area (Å²) < 4.78 is 6.66. The molecule has 3 rings (SSSR count). The lowest BCUT2D eigenvalue weighted by molar-refractivity contribution is -0.0177. The summed E-state index contributed by atoms with van der Waals surface area (Å²) in [6.07, 6.45) is 1.86. The lowest BCUT2D eigenvalue weighted by Gasteiger charge is -2.26. The van der Waals surface area contributed by atoms with E-state index in [0.717, 1.165) is 27.1 Å². The minimum Gasteiger partial charge on any atom is -0.378 e. The van der Waals surface area contributed by atoms with Crippen molar-refractivity contribution in [2.75, 3.05) is 13.2 Å². The first-order chi connectivity index (χ1) is 11.8. The monoisotopic (exact) mass is 438 g/mol. The van der Waals surface area contributed by atoms with Crippen LogP contribution in [0.15, 0.2) is 40.4 Å². The van der Waals surface area contributed by atoms with Crippen molar-refractivity contribution < 1.29 is 9.84 Å². The number of hydrogen-bond acceptors (Lipinski definition) is 4. The molecule has 2 N–H and O–H groups in total. The Morgan fingerprint density at radius 2 is 2.08 bits per heavy atom. The molecule has 0 saturated heterocycles. The Morgan fingerprint density at radius 3 is 2.76 bits per heavy atom. The molecule has 0 bridgehead atoms. The van der Waals surface area contributed by atoms with Gasteiger partial charge in [-0.1, -0.05) is 37.8 Å². The third kappa shape index (κ3) is 4.23. The van der Waals surface area contributed by atoms with Gasteiger partial charge in [-0.15, -0.1) is 11.3 Å². The maximum Gasteiger partial charge on any atom is 0.166 e. The Balaban J connectivity index is 1.92. The third-order valence-corrected chi connectivity index (χ3v) is 7.58. The molecule has 4 nitrogen and oxygen atoms in total. The molecule has 0 fully saturated rings. The van der Waals surface area contributed by atoms with Crippen LogP contribution < -0.4 is 0 Å². The van der Waals surface area contributed by atoms with Crippen molar-refractivity contribution in [3.8, 4) is 0 Å². The van der Waals surface area contributed by atoms with Gasteiger partial charge in [-0.3, -0.25) is 0 Å². The largest absolute Gasteiger partial charge is 0.378 e. The quantitative estimate of drug-likeness (QED) is 0.403. The molecular weight excluding hydrogens is 416 g/mol. The number of hydrogen-bond donors (Lipinski definition) is 2. The van der Waals surface area contributed by atoms with Gasteiger partial charge in [-0.25, -0.2) is 4.98 Å². The van der Waals surface area contributed by atoms with E-state index in [1.807, 2.05) is 35.8 Å². The molecule has 25 heavy (non-hydrogen) atoms. The highest BCUT2D eigenvalue weighted by Crippen LogP contribution is 2.37. The SMILES string of the molecule is C[Si](C)(C)CCOC[C@](O)(c1nc(Br)cs1)c1c[nH]c2ccccc12. The van der Waals surface area contributed by atoms with Gasteiger partial charge in [0, 0.05) is 42.7 Å². The van der Waals surface area contributed by atoms with Gasteiger partial charge in [0.25, 0.3) is 0 Å². The zero-order valence-corrected chi connectivity index (χ0v) is 18.1. The Labute approximate surface area is 161 Å². The lowest BCUT2D eigenvalue weighted by atomic mass is 9.95. The van der Waals surface area contributed by atoms with Crippen LogP contribution in [0.5, 0.6) is 0 Å². The minimum absolute atomic E-state index is 0.194. The van der Waals surface area contributed by atoms with Crippen molar-refractivity contribution >= 4 is 46.2 Å². The molecule has 7 heteroatoms. The normalized spacial score (nSPS) is 14.8. The Hall–Kier alpha value is -0.993. The van der Waals surface area contributed by atoms with Gasteiger partial charge in [-0.05, 0) is 28.0 Å². The number of aliphatic hydroxyl groups is 1. The van der Waals surface area contributed by atoms with Crippen molar-refractivity contribution in [2.45, 2.75) is 31.3 Å². The topological polar surface area (TPSA) is 58.1 Å². The number of thiazole rings is 1. The van der Waals surface area contributed by atoms with Crippen molar-refractivity contribution in [1.82, 2.24) is 9.97 Å². The molecular formula is C18H23BrN2O2SSi. The number of para-hydroxylation sites is 1. The van der Waals surface area contributed by atoms with Crippen LogP contribution in [0, 0.1) is 0 Å². The van der Waals surface area contributed by atoms with Crippen LogP contribution in [0.4, 0.5) is 0 Å².